The molecular formula is C14H16N2O2. The Morgan fingerprint density at radius 2 is 1.67 bits per heavy atom. The smallest absolute Gasteiger partial charge is 0.261 e. The molecule has 1 saturated heterocycles. The maximum atomic E-state index is 12.3. The number of nitrogens with one attached hydrogen (secondary N) is 1. The summed E-state index contributed by atoms with van der Waals surface area (Å²) in [6, 6.07) is 7.15. The van der Waals surface area contributed by atoms with Crippen molar-refractivity contribution in [2.45, 2.75) is 25.3 Å². The quantitative estimate of drug-likeness (QED) is 0.760. The number of fused-ring (bicyclic) bond motifs is 1. The summed E-state index contributed by atoms with van der Waals surface area (Å²) in [6.45, 7) is 1.84. The van der Waals surface area contributed by atoms with Crippen LogP contribution in [0, 0.1) is 0 Å². The molecule has 0 aliphatic carbocycles. The van der Waals surface area contributed by atoms with Crippen molar-refractivity contribution in [3.8, 4) is 0 Å². The summed E-state index contributed by atoms with van der Waals surface area (Å²) in [5.41, 5.74) is 1.11. The van der Waals surface area contributed by atoms with E-state index in [1.165, 1.54) is 4.90 Å². The Morgan fingerprint density at radius 1 is 1.00 bits per heavy atom. The van der Waals surface area contributed by atoms with Gasteiger partial charge in [0.1, 0.15) is 0 Å². The maximum Gasteiger partial charge on any atom is 0.261 e. The molecule has 4 nitrogen and oxygen atoms in total. The molecule has 1 N–H and O–H groups in total. The topological polar surface area (TPSA) is 49.4 Å². The van der Waals surface area contributed by atoms with Gasteiger partial charge in [-0.15, -0.1) is 0 Å². The lowest BCUT2D eigenvalue weighted by molar-refractivity contribution is 0.0572. The van der Waals surface area contributed by atoms with Gasteiger partial charge in [0.25, 0.3) is 11.8 Å². The lowest BCUT2D eigenvalue weighted by Gasteiger charge is -2.24. The van der Waals surface area contributed by atoms with Crippen LogP contribution in [0.1, 0.15) is 40.0 Å². The van der Waals surface area contributed by atoms with Gasteiger partial charge in [0.2, 0.25) is 0 Å². The van der Waals surface area contributed by atoms with E-state index in [2.05, 4.69) is 5.32 Å². The second-order valence-corrected chi connectivity index (χ2v) is 4.86. The second-order valence-electron chi connectivity index (χ2n) is 4.86. The van der Waals surface area contributed by atoms with Gasteiger partial charge in [-0.1, -0.05) is 12.1 Å². The summed E-state index contributed by atoms with van der Waals surface area (Å²) in [6.07, 6.45) is 2.77. The molecule has 2 aliphatic rings. The highest BCUT2D eigenvalue weighted by Crippen LogP contribution is 2.27. The molecule has 0 aromatic heterocycles. The monoisotopic (exact) mass is 244 g/mol. The average molecular weight is 244 g/mol. The normalized spacial score (nSPS) is 24.0. The first-order valence-corrected chi connectivity index (χ1v) is 6.46. The Bertz CT molecular complexity index is 455. The van der Waals surface area contributed by atoms with E-state index >= 15 is 0 Å². The van der Waals surface area contributed by atoms with Crippen LogP contribution in [0.3, 0.4) is 0 Å². The van der Waals surface area contributed by atoms with Crippen LogP contribution in [0.15, 0.2) is 24.3 Å². The molecule has 0 saturated carbocycles. The van der Waals surface area contributed by atoms with Crippen LogP contribution < -0.4 is 5.32 Å². The van der Waals surface area contributed by atoms with Gasteiger partial charge in [-0.3, -0.25) is 14.5 Å². The van der Waals surface area contributed by atoms with Gasteiger partial charge in [-0.05, 0) is 44.5 Å². The first-order valence-electron chi connectivity index (χ1n) is 6.46. The van der Waals surface area contributed by atoms with Crippen molar-refractivity contribution in [3.05, 3.63) is 35.4 Å². The third kappa shape index (κ3) is 1.73. The summed E-state index contributed by atoms with van der Waals surface area (Å²) >= 11 is 0. The van der Waals surface area contributed by atoms with Gasteiger partial charge < -0.3 is 5.32 Å². The van der Waals surface area contributed by atoms with Crippen molar-refractivity contribution in [2.75, 3.05) is 13.1 Å². The van der Waals surface area contributed by atoms with Gasteiger partial charge >= 0.3 is 0 Å². The zero-order valence-electron chi connectivity index (χ0n) is 10.2. The van der Waals surface area contributed by atoms with Gasteiger partial charge in [0.15, 0.2) is 0 Å². The van der Waals surface area contributed by atoms with Gasteiger partial charge in [0.05, 0.1) is 11.1 Å². The van der Waals surface area contributed by atoms with Crippen LogP contribution >= 0.6 is 0 Å². The minimum Gasteiger partial charge on any atom is -0.317 e. The summed E-state index contributed by atoms with van der Waals surface area (Å²) in [4.78, 5) is 26.1. The lowest BCUT2D eigenvalue weighted by atomic mass is 10.1. The Morgan fingerprint density at radius 3 is 2.33 bits per heavy atom. The van der Waals surface area contributed by atoms with Crippen molar-refractivity contribution in [1.29, 1.82) is 0 Å². The number of hydrogen-bond acceptors (Lipinski definition) is 3. The highest BCUT2D eigenvalue weighted by atomic mass is 16.2. The van der Waals surface area contributed by atoms with Crippen LogP contribution in [0.4, 0.5) is 0 Å². The number of amides is 2. The van der Waals surface area contributed by atoms with Crippen molar-refractivity contribution in [2.24, 2.45) is 0 Å². The number of rotatable bonds is 1. The number of hydrogen-bond donors (Lipinski definition) is 1. The molecule has 1 atom stereocenters. The molecule has 1 unspecified atom stereocenters. The predicted molar refractivity (Wildman–Crippen MR) is 67.5 cm³/mol. The predicted octanol–water partition coefficient (Wildman–Crippen LogP) is 1.42. The van der Waals surface area contributed by atoms with E-state index in [-0.39, 0.29) is 17.9 Å². The highest BCUT2D eigenvalue weighted by Gasteiger charge is 2.39. The Labute approximate surface area is 106 Å². The maximum absolute atomic E-state index is 12.3. The SMILES string of the molecule is O=C1c2ccccc2C(=O)N1C1CCCNCC1. The van der Waals surface area contributed by atoms with Crippen LogP contribution in [-0.2, 0) is 0 Å². The van der Waals surface area contributed by atoms with Gasteiger partial charge in [-0.2, -0.15) is 0 Å². The Kier molecular flexibility index (Phi) is 2.88. The molecule has 1 aromatic carbocycles. The average Bonchev–Trinajstić information content (AvgIpc) is 2.61. The molecule has 2 amide bonds. The minimum atomic E-state index is -0.123. The molecule has 2 aliphatic heterocycles. The third-order valence-electron chi connectivity index (χ3n) is 3.74. The van der Waals surface area contributed by atoms with Crippen molar-refractivity contribution >= 4 is 11.8 Å². The van der Waals surface area contributed by atoms with Gasteiger partial charge in [-0.25, -0.2) is 0 Å². The minimum absolute atomic E-state index is 0.0485. The van der Waals surface area contributed by atoms with Crippen LogP contribution in [0.25, 0.3) is 0 Å². The fourth-order valence-electron chi connectivity index (χ4n) is 2.80. The molecule has 0 radical (unpaired) electrons. The molecule has 0 bridgehead atoms. The number of benzene rings is 1. The molecule has 0 spiro atoms. The van der Waals surface area contributed by atoms with E-state index in [1.807, 2.05) is 12.1 Å². The van der Waals surface area contributed by atoms with Crippen LogP contribution in [0.2, 0.25) is 0 Å². The van der Waals surface area contributed by atoms with E-state index in [0.717, 1.165) is 32.4 Å². The van der Waals surface area contributed by atoms with Crippen molar-refractivity contribution in [3.63, 3.8) is 0 Å². The van der Waals surface area contributed by atoms with E-state index in [1.54, 1.807) is 12.1 Å². The first-order chi connectivity index (χ1) is 8.79. The molecule has 1 fully saturated rings. The highest BCUT2D eigenvalue weighted by molar-refractivity contribution is 6.21. The van der Waals surface area contributed by atoms with E-state index < -0.39 is 0 Å². The van der Waals surface area contributed by atoms with E-state index in [9.17, 15) is 9.59 Å². The number of nitrogens with zero attached hydrogens (tertiary/aromatic N) is 1. The molecular weight excluding hydrogens is 228 g/mol. The number of imide groups is 1. The standard InChI is InChI=1S/C14H16N2O2/c17-13-11-5-1-2-6-12(11)14(18)16(13)10-4-3-8-15-9-7-10/h1-2,5-6,10,15H,3-4,7-9H2. The largest absolute Gasteiger partial charge is 0.317 e. The Hall–Kier alpha value is -1.68. The van der Waals surface area contributed by atoms with Gasteiger partial charge in [0, 0.05) is 6.04 Å². The Balaban J connectivity index is 1.91. The van der Waals surface area contributed by atoms with Crippen LogP contribution in [0.5, 0.6) is 0 Å². The molecule has 1 aromatic rings. The van der Waals surface area contributed by atoms with E-state index in [0.29, 0.717) is 11.1 Å². The number of carbonyl (C=O) groups is 2. The molecule has 94 valence electrons. The summed E-state index contributed by atoms with van der Waals surface area (Å²) in [5.74, 6) is -0.245. The van der Waals surface area contributed by atoms with E-state index in [4.69, 9.17) is 0 Å². The summed E-state index contributed by atoms with van der Waals surface area (Å²) < 4.78 is 0. The fraction of sp³-hybridized carbons (Fsp3) is 0.429. The first kappa shape index (κ1) is 11.4. The molecule has 3 rings (SSSR count). The molecule has 18 heavy (non-hydrogen) atoms. The fourth-order valence-corrected chi connectivity index (χ4v) is 2.80. The summed E-state index contributed by atoms with van der Waals surface area (Å²) in [5, 5.41) is 3.30. The summed E-state index contributed by atoms with van der Waals surface area (Å²) in [7, 11) is 0. The van der Waals surface area contributed by atoms with Crippen molar-refractivity contribution in [1.82, 2.24) is 10.2 Å². The van der Waals surface area contributed by atoms with Crippen LogP contribution in [-0.4, -0.2) is 35.8 Å². The third-order valence-corrected chi connectivity index (χ3v) is 3.74. The zero-order chi connectivity index (χ0) is 12.5. The lowest BCUT2D eigenvalue weighted by Crippen LogP contribution is -2.40. The molecule has 4 heteroatoms. The zero-order valence-corrected chi connectivity index (χ0v) is 10.2. The molecule has 2 heterocycles. The van der Waals surface area contributed by atoms with Crippen molar-refractivity contribution < 1.29 is 9.59 Å². The second kappa shape index (κ2) is 4.53. The number of carbonyl (C=O) groups excluding carboxylic acids is 2.